The van der Waals surface area contributed by atoms with E-state index in [1.165, 1.54) is 0 Å². The summed E-state index contributed by atoms with van der Waals surface area (Å²) in [4.78, 5) is 29.4. The fraction of sp³-hybridized carbons (Fsp3) is 0.267. The SMILES string of the molecule is Cc1ccc(C)c(N2C(=O)CC(c3ccc4c(c3)OCO4)C3=C2CC(c2ccccc2)CC3=O)c1. The number of fused-ring (bicyclic) bond motifs is 1. The quantitative estimate of drug-likeness (QED) is 0.479. The summed E-state index contributed by atoms with van der Waals surface area (Å²) < 4.78 is 11.1. The van der Waals surface area contributed by atoms with Crippen LogP contribution >= 0.6 is 0 Å². The topological polar surface area (TPSA) is 55.8 Å². The highest BCUT2D eigenvalue weighted by molar-refractivity contribution is 6.08. The van der Waals surface area contributed by atoms with Crippen LogP contribution in [0.3, 0.4) is 0 Å². The van der Waals surface area contributed by atoms with Crippen LogP contribution in [0, 0.1) is 13.8 Å². The van der Waals surface area contributed by atoms with Crippen molar-refractivity contribution in [2.24, 2.45) is 0 Å². The van der Waals surface area contributed by atoms with Crippen LogP contribution in [-0.2, 0) is 9.59 Å². The molecule has 2 aliphatic heterocycles. The van der Waals surface area contributed by atoms with Crippen LogP contribution < -0.4 is 14.4 Å². The number of nitrogens with zero attached hydrogens (tertiary/aromatic N) is 1. The molecule has 35 heavy (non-hydrogen) atoms. The number of hydrogen-bond donors (Lipinski definition) is 0. The summed E-state index contributed by atoms with van der Waals surface area (Å²) in [7, 11) is 0. The fourth-order valence-corrected chi connectivity index (χ4v) is 5.65. The van der Waals surface area contributed by atoms with E-state index in [0.717, 1.165) is 39.2 Å². The van der Waals surface area contributed by atoms with E-state index >= 15 is 0 Å². The van der Waals surface area contributed by atoms with Crippen LogP contribution in [0.5, 0.6) is 11.5 Å². The number of carbonyl (C=O) groups is 2. The van der Waals surface area contributed by atoms with E-state index in [2.05, 4.69) is 24.3 Å². The zero-order valence-corrected chi connectivity index (χ0v) is 19.9. The fourth-order valence-electron chi connectivity index (χ4n) is 5.65. The van der Waals surface area contributed by atoms with E-state index < -0.39 is 0 Å². The lowest BCUT2D eigenvalue weighted by Gasteiger charge is -2.41. The summed E-state index contributed by atoms with van der Waals surface area (Å²) in [6, 6.07) is 22.1. The number of amides is 1. The Morgan fingerprint density at radius 2 is 1.60 bits per heavy atom. The van der Waals surface area contributed by atoms with E-state index in [1.54, 1.807) is 0 Å². The van der Waals surface area contributed by atoms with Crippen molar-refractivity contribution < 1.29 is 19.1 Å². The van der Waals surface area contributed by atoms with E-state index in [9.17, 15) is 9.59 Å². The van der Waals surface area contributed by atoms with Crippen molar-refractivity contribution in [2.45, 2.75) is 44.9 Å². The second-order valence-electron chi connectivity index (χ2n) is 9.69. The van der Waals surface area contributed by atoms with Gasteiger partial charge in [0, 0.05) is 30.0 Å². The number of carbonyl (C=O) groups excluding carboxylic acids is 2. The van der Waals surface area contributed by atoms with E-state index in [-0.39, 0.29) is 36.7 Å². The first-order chi connectivity index (χ1) is 17.0. The number of ketones is 1. The highest BCUT2D eigenvalue weighted by Crippen LogP contribution is 2.48. The van der Waals surface area contributed by atoms with Crippen LogP contribution in [0.1, 0.15) is 53.4 Å². The number of allylic oxidation sites excluding steroid dienone is 2. The standard InChI is InChI=1S/C30H27NO4/c1-18-8-9-19(2)24(12-18)31-25-13-22(20-6-4-3-5-7-20)14-26(32)30(25)23(16-29(31)33)21-10-11-27-28(15-21)35-17-34-27/h3-12,15,22-23H,13-14,16-17H2,1-2H3. The lowest BCUT2D eigenvalue weighted by molar-refractivity contribution is -0.120. The van der Waals surface area contributed by atoms with Crippen molar-refractivity contribution in [3.8, 4) is 11.5 Å². The Hall–Kier alpha value is -3.86. The van der Waals surface area contributed by atoms with Gasteiger partial charge in [-0.2, -0.15) is 0 Å². The molecule has 3 aliphatic rings. The molecule has 0 radical (unpaired) electrons. The van der Waals surface area contributed by atoms with Crippen molar-refractivity contribution in [1.82, 2.24) is 0 Å². The predicted octanol–water partition coefficient (Wildman–Crippen LogP) is 5.95. The summed E-state index contributed by atoms with van der Waals surface area (Å²) >= 11 is 0. The molecule has 0 aromatic heterocycles. The molecule has 0 bridgehead atoms. The third kappa shape index (κ3) is 3.72. The number of aryl methyl sites for hydroxylation is 2. The molecule has 6 rings (SSSR count). The van der Waals surface area contributed by atoms with Gasteiger partial charge in [-0.3, -0.25) is 14.5 Å². The Kier molecular flexibility index (Phi) is 5.21. The summed E-state index contributed by atoms with van der Waals surface area (Å²) in [6.45, 7) is 4.24. The molecule has 5 nitrogen and oxygen atoms in total. The normalized spacial score (nSPS) is 21.4. The van der Waals surface area contributed by atoms with Gasteiger partial charge in [-0.25, -0.2) is 0 Å². The van der Waals surface area contributed by atoms with E-state index in [1.807, 2.05) is 61.2 Å². The first-order valence-electron chi connectivity index (χ1n) is 12.1. The molecule has 2 heterocycles. The molecule has 0 spiro atoms. The maximum atomic E-state index is 13.8. The molecule has 2 unspecified atom stereocenters. The largest absolute Gasteiger partial charge is 0.454 e. The zero-order chi connectivity index (χ0) is 24.1. The number of rotatable bonds is 3. The molecule has 0 N–H and O–H groups in total. The third-order valence-electron chi connectivity index (χ3n) is 7.40. The number of ether oxygens (including phenoxy) is 2. The highest BCUT2D eigenvalue weighted by atomic mass is 16.7. The third-order valence-corrected chi connectivity index (χ3v) is 7.40. The number of hydrogen-bond acceptors (Lipinski definition) is 4. The van der Waals surface area contributed by atoms with Crippen LogP contribution in [0.2, 0.25) is 0 Å². The second-order valence-corrected chi connectivity index (χ2v) is 9.69. The van der Waals surface area contributed by atoms with Gasteiger partial charge in [0.2, 0.25) is 12.7 Å². The van der Waals surface area contributed by atoms with Crippen molar-refractivity contribution in [3.63, 3.8) is 0 Å². The predicted molar refractivity (Wildman–Crippen MR) is 134 cm³/mol. The summed E-state index contributed by atoms with van der Waals surface area (Å²) in [5.74, 6) is 1.24. The van der Waals surface area contributed by atoms with E-state index in [0.29, 0.717) is 24.3 Å². The molecule has 1 aliphatic carbocycles. The molecule has 176 valence electrons. The Labute approximate surface area is 205 Å². The molecule has 1 amide bonds. The van der Waals surface area contributed by atoms with Crippen LogP contribution in [0.15, 0.2) is 78.0 Å². The molecular formula is C30H27NO4. The smallest absolute Gasteiger partial charge is 0.232 e. The Balaban J connectivity index is 1.51. The first-order valence-corrected chi connectivity index (χ1v) is 12.1. The minimum atomic E-state index is -0.294. The lowest BCUT2D eigenvalue weighted by atomic mass is 9.72. The molecule has 0 fully saturated rings. The van der Waals surface area contributed by atoms with Crippen LogP contribution in [0.4, 0.5) is 5.69 Å². The molecule has 3 aromatic rings. The van der Waals surface area contributed by atoms with Gasteiger partial charge in [0.1, 0.15) is 0 Å². The van der Waals surface area contributed by atoms with Gasteiger partial charge >= 0.3 is 0 Å². The monoisotopic (exact) mass is 465 g/mol. The number of Topliss-reactive ketones (excluding diaryl/α,β-unsaturated/α-hetero) is 1. The lowest BCUT2D eigenvalue weighted by Crippen LogP contribution is -2.42. The van der Waals surface area contributed by atoms with Gasteiger partial charge in [-0.15, -0.1) is 0 Å². The Bertz CT molecular complexity index is 1370. The van der Waals surface area contributed by atoms with Gasteiger partial charge in [-0.1, -0.05) is 48.5 Å². The average Bonchev–Trinajstić information content (AvgIpc) is 3.34. The summed E-state index contributed by atoms with van der Waals surface area (Å²) in [5, 5.41) is 0. The van der Waals surface area contributed by atoms with Gasteiger partial charge in [0.05, 0.1) is 5.69 Å². The Morgan fingerprint density at radius 3 is 2.43 bits per heavy atom. The number of anilines is 1. The minimum Gasteiger partial charge on any atom is -0.454 e. The van der Waals surface area contributed by atoms with Crippen LogP contribution in [-0.4, -0.2) is 18.5 Å². The Morgan fingerprint density at radius 1 is 0.800 bits per heavy atom. The second kappa shape index (κ2) is 8.42. The van der Waals surface area contributed by atoms with E-state index in [4.69, 9.17) is 9.47 Å². The molecular weight excluding hydrogens is 438 g/mol. The maximum absolute atomic E-state index is 13.8. The summed E-state index contributed by atoms with van der Waals surface area (Å²) in [5.41, 5.74) is 6.62. The molecule has 3 aromatic carbocycles. The molecule has 2 atom stereocenters. The van der Waals surface area contributed by atoms with Crippen molar-refractivity contribution in [3.05, 3.63) is 100 Å². The van der Waals surface area contributed by atoms with Gasteiger partial charge in [-0.05, 0) is 66.6 Å². The highest BCUT2D eigenvalue weighted by Gasteiger charge is 2.43. The average molecular weight is 466 g/mol. The minimum absolute atomic E-state index is 0.0154. The van der Waals surface area contributed by atoms with Crippen molar-refractivity contribution in [2.75, 3.05) is 11.7 Å². The van der Waals surface area contributed by atoms with Crippen molar-refractivity contribution in [1.29, 1.82) is 0 Å². The van der Waals surface area contributed by atoms with Gasteiger partial charge < -0.3 is 9.47 Å². The summed E-state index contributed by atoms with van der Waals surface area (Å²) in [6.07, 6.45) is 1.33. The van der Waals surface area contributed by atoms with Gasteiger partial charge in [0.25, 0.3) is 0 Å². The maximum Gasteiger partial charge on any atom is 0.232 e. The van der Waals surface area contributed by atoms with Gasteiger partial charge in [0.15, 0.2) is 17.3 Å². The van der Waals surface area contributed by atoms with Crippen molar-refractivity contribution >= 4 is 17.4 Å². The molecule has 0 saturated carbocycles. The first kappa shape index (κ1) is 21.7. The zero-order valence-electron chi connectivity index (χ0n) is 19.9. The molecule has 0 saturated heterocycles. The number of benzene rings is 3. The molecule has 5 heteroatoms. The van der Waals surface area contributed by atoms with Crippen LogP contribution in [0.25, 0.3) is 0 Å².